The van der Waals surface area contributed by atoms with Crippen molar-refractivity contribution in [3.05, 3.63) is 23.8 Å². The van der Waals surface area contributed by atoms with Crippen molar-refractivity contribution in [2.75, 3.05) is 20.8 Å². The van der Waals surface area contributed by atoms with E-state index in [2.05, 4.69) is 24.5 Å². The molecule has 0 aliphatic carbocycles. The zero-order valence-corrected chi connectivity index (χ0v) is 13.4. The van der Waals surface area contributed by atoms with Gasteiger partial charge in [0, 0.05) is 12.6 Å². The summed E-state index contributed by atoms with van der Waals surface area (Å²) < 4.78 is 10.4. The average molecular weight is 294 g/mol. The molecule has 0 heterocycles. The first kappa shape index (κ1) is 17.3. The molecule has 0 aliphatic rings. The van der Waals surface area contributed by atoms with Crippen molar-refractivity contribution in [2.24, 2.45) is 0 Å². The highest BCUT2D eigenvalue weighted by Gasteiger charge is 2.08. The van der Waals surface area contributed by atoms with Gasteiger partial charge in [-0.25, -0.2) is 0 Å². The second-order valence-corrected chi connectivity index (χ2v) is 4.87. The molecule has 0 spiro atoms. The zero-order chi connectivity index (χ0) is 15.7. The molecule has 2 N–H and O–H groups in total. The Bertz CT molecular complexity index is 445. The van der Waals surface area contributed by atoms with Gasteiger partial charge in [0.05, 0.1) is 20.8 Å². The standard InChI is InChI=1S/C16H26N2O3/c1-5-13(6-2)18-16(19)11-17-10-12-7-8-14(20-3)15(9-12)21-4/h7-9,13,17H,5-6,10-11H2,1-4H3,(H,18,19). The number of benzene rings is 1. The van der Waals surface area contributed by atoms with E-state index in [0.29, 0.717) is 24.6 Å². The van der Waals surface area contributed by atoms with E-state index < -0.39 is 0 Å². The molecule has 1 aromatic carbocycles. The van der Waals surface area contributed by atoms with Crippen LogP contribution >= 0.6 is 0 Å². The number of methoxy groups -OCH3 is 2. The molecule has 0 unspecified atom stereocenters. The van der Waals surface area contributed by atoms with E-state index >= 15 is 0 Å². The third kappa shape index (κ3) is 5.63. The Hall–Kier alpha value is -1.75. The molecule has 118 valence electrons. The molecular formula is C16H26N2O3. The van der Waals surface area contributed by atoms with Gasteiger partial charge in [0.25, 0.3) is 0 Å². The summed E-state index contributed by atoms with van der Waals surface area (Å²) in [6.07, 6.45) is 1.91. The number of rotatable bonds is 9. The summed E-state index contributed by atoms with van der Waals surface area (Å²) in [6.45, 7) is 5.07. The Morgan fingerprint density at radius 2 is 1.81 bits per heavy atom. The molecule has 0 aliphatic heterocycles. The maximum Gasteiger partial charge on any atom is 0.234 e. The molecule has 0 radical (unpaired) electrons. The van der Waals surface area contributed by atoms with Crippen molar-refractivity contribution >= 4 is 5.91 Å². The first-order chi connectivity index (χ1) is 10.1. The van der Waals surface area contributed by atoms with Crippen molar-refractivity contribution in [3.8, 4) is 11.5 Å². The molecule has 0 fully saturated rings. The number of ether oxygens (including phenoxy) is 2. The Balaban J connectivity index is 2.43. The van der Waals surface area contributed by atoms with Crippen LogP contribution in [0.15, 0.2) is 18.2 Å². The lowest BCUT2D eigenvalue weighted by molar-refractivity contribution is -0.121. The maximum atomic E-state index is 11.8. The second-order valence-electron chi connectivity index (χ2n) is 4.87. The first-order valence-electron chi connectivity index (χ1n) is 7.35. The van der Waals surface area contributed by atoms with Crippen molar-refractivity contribution < 1.29 is 14.3 Å². The lowest BCUT2D eigenvalue weighted by Crippen LogP contribution is -2.39. The molecule has 0 saturated heterocycles. The van der Waals surface area contributed by atoms with Crippen LogP contribution in [0, 0.1) is 0 Å². The van der Waals surface area contributed by atoms with Gasteiger partial charge in [-0.15, -0.1) is 0 Å². The third-order valence-electron chi connectivity index (χ3n) is 3.41. The van der Waals surface area contributed by atoms with Crippen molar-refractivity contribution in [3.63, 3.8) is 0 Å². The lowest BCUT2D eigenvalue weighted by Gasteiger charge is -2.15. The maximum absolute atomic E-state index is 11.8. The lowest BCUT2D eigenvalue weighted by atomic mass is 10.2. The zero-order valence-electron chi connectivity index (χ0n) is 13.4. The summed E-state index contributed by atoms with van der Waals surface area (Å²) in [7, 11) is 3.22. The van der Waals surface area contributed by atoms with E-state index in [9.17, 15) is 4.79 Å². The minimum Gasteiger partial charge on any atom is -0.493 e. The summed E-state index contributed by atoms with van der Waals surface area (Å²) in [5.41, 5.74) is 1.04. The topological polar surface area (TPSA) is 59.6 Å². The van der Waals surface area contributed by atoms with Gasteiger partial charge in [0.2, 0.25) is 5.91 Å². The van der Waals surface area contributed by atoms with E-state index in [1.54, 1.807) is 14.2 Å². The van der Waals surface area contributed by atoms with Gasteiger partial charge in [-0.3, -0.25) is 4.79 Å². The number of amides is 1. The predicted molar refractivity (Wildman–Crippen MR) is 83.8 cm³/mol. The van der Waals surface area contributed by atoms with E-state index in [-0.39, 0.29) is 11.9 Å². The highest BCUT2D eigenvalue weighted by molar-refractivity contribution is 5.78. The minimum atomic E-state index is 0.0316. The van der Waals surface area contributed by atoms with Gasteiger partial charge in [-0.05, 0) is 30.5 Å². The summed E-state index contributed by atoms with van der Waals surface area (Å²) in [6, 6.07) is 5.98. The van der Waals surface area contributed by atoms with Crippen LogP contribution in [0.5, 0.6) is 11.5 Å². The van der Waals surface area contributed by atoms with E-state index in [4.69, 9.17) is 9.47 Å². The number of hydrogen-bond acceptors (Lipinski definition) is 4. The Kier molecular flexibility index (Phi) is 7.61. The predicted octanol–water partition coefficient (Wildman–Crippen LogP) is 2.10. The third-order valence-corrected chi connectivity index (χ3v) is 3.41. The first-order valence-corrected chi connectivity index (χ1v) is 7.35. The van der Waals surface area contributed by atoms with Gasteiger partial charge in [-0.1, -0.05) is 19.9 Å². The smallest absolute Gasteiger partial charge is 0.234 e. The van der Waals surface area contributed by atoms with Gasteiger partial charge in [-0.2, -0.15) is 0 Å². The number of carbonyl (C=O) groups is 1. The second kappa shape index (κ2) is 9.23. The highest BCUT2D eigenvalue weighted by Crippen LogP contribution is 2.27. The van der Waals surface area contributed by atoms with Gasteiger partial charge < -0.3 is 20.1 Å². The van der Waals surface area contributed by atoms with E-state index in [0.717, 1.165) is 18.4 Å². The summed E-state index contributed by atoms with van der Waals surface area (Å²) in [5, 5.41) is 6.13. The minimum absolute atomic E-state index is 0.0316. The molecule has 5 heteroatoms. The molecule has 0 atom stereocenters. The molecule has 1 rings (SSSR count). The highest BCUT2D eigenvalue weighted by atomic mass is 16.5. The molecule has 1 amide bonds. The van der Waals surface area contributed by atoms with E-state index in [1.165, 1.54) is 0 Å². The number of hydrogen-bond donors (Lipinski definition) is 2. The fourth-order valence-corrected chi connectivity index (χ4v) is 2.08. The fraction of sp³-hybridized carbons (Fsp3) is 0.562. The van der Waals surface area contributed by atoms with Crippen molar-refractivity contribution in [2.45, 2.75) is 39.3 Å². The Labute approximate surface area is 127 Å². The normalized spacial score (nSPS) is 10.5. The van der Waals surface area contributed by atoms with Crippen LogP contribution in [0.4, 0.5) is 0 Å². The fourth-order valence-electron chi connectivity index (χ4n) is 2.08. The molecular weight excluding hydrogens is 268 g/mol. The monoisotopic (exact) mass is 294 g/mol. The Morgan fingerprint density at radius 3 is 2.38 bits per heavy atom. The van der Waals surface area contributed by atoms with E-state index in [1.807, 2.05) is 18.2 Å². The number of nitrogens with one attached hydrogen (secondary N) is 2. The largest absolute Gasteiger partial charge is 0.493 e. The molecule has 21 heavy (non-hydrogen) atoms. The van der Waals surface area contributed by atoms with Crippen molar-refractivity contribution in [1.29, 1.82) is 0 Å². The molecule has 5 nitrogen and oxygen atoms in total. The van der Waals surface area contributed by atoms with Crippen molar-refractivity contribution in [1.82, 2.24) is 10.6 Å². The average Bonchev–Trinajstić information content (AvgIpc) is 2.52. The Morgan fingerprint density at radius 1 is 1.14 bits per heavy atom. The SMILES string of the molecule is CCC(CC)NC(=O)CNCc1ccc(OC)c(OC)c1. The molecule has 0 saturated carbocycles. The number of carbonyl (C=O) groups excluding carboxylic acids is 1. The van der Waals surface area contributed by atoms with Crippen LogP contribution in [0.1, 0.15) is 32.3 Å². The van der Waals surface area contributed by atoms with Crippen LogP contribution in [0.3, 0.4) is 0 Å². The molecule has 1 aromatic rings. The van der Waals surface area contributed by atoms with Crippen LogP contribution in [-0.2, 0) is 11.3 Å². The summed E-state index contributed by atoms with van der Waals surface area (Å²) in [5.74, 6) is 1.43. The van der Waals surface area contributed by atoms with Gasteiger partial charge in [0.1, 0.15) is 0 Å². The summed E-state index contributed by atoms with van der Waals surface area (Å²) in [4.78, 5) is 11.8. The van der Waals surface area contributed by atoms with Crippen LogP contribution < -0.4 is 20.1 Å². The van der Waals surface area contributed by atoms with Gasteiger partial charge in [0.15, 0.2) is 11.5 Å². The summed E-state index contributed by atoms with van der Waals surface area (Å²) >= 11 is 0. The molecule has 0 bridgehead atoms. The molecule has 0 aromatic heterocycles. The van der Waals surface area contributed by atoms with Crippen LogP contribution in [0.25, 0.3) is 0 Å². The van der Waals surface area contributed by atoms with Crippen LogP contribution in [0.2, 0.25) is 0 Å². The van der Waals surface area contributed by atoms with Gasteiger partial charge >= 0.3 is 0 Å². The quantitative estimate of drug-likeness (QED) is 0.732. The van der Waals surface area contributed by atoms with Crippen LogP contribution in [-0.4, -0.2) is 32.7 Å².